The fraction of sp³-hybridized carbons (Fsp3) is 0.545. The molecule has 1 heterocycles. The molecule has 1 aromatic heterocycles. The van der Waals surface area contributed by atoms with Crippen molar-refractivity contribution in [3.05, 3.63) is 17.8 Å². The number of nitrogens with two attached hydrogens (primary N) is 1. The average molecular weight is 191 g/mol. The Balaban J connectivity index is 1.92. The monoisotopic (exact) mass is 191 g/mol. The lowest BCUT2D eigenvalue weighted by molar-refractivity contribution is 0.784. The first-order valence-corrected chi connectivity index (χ1v) is 5.13. The maximum Gasteiger partial charge on any atom is 0.126 e. The van der Waals surface area contributed by atoms with Gasteiger partial charge in [0.1, 0.15) is 5.82 Å². The van der Waals surface area contributed by atoms with Gasteiger partial charge in [0.15, 0.2) is 0 Å². The van der Waals surface area contributed by atoms with E-state index >= 15 is 0 Å². The molecule has 2 unspecified atom stereocenters. The number of hydrogen-bond donors (Lipinski definition) is 2. The summed E-state index contributed by atoms with van der Waals surface area (Å²) in [6.07, 6.45) is 3.06. The second-order valence-electron chi connectivity index (χ2n) is 4.28. The molecule has 3 heteroatoms. The maximum atomic E-state index is 5.69. The van der Waals surface area contributed by atoms with Gasteiger partial charge in [0.2, 0.25) is 0 Å². The summed E-state index contributed by atoms with van der Waals surface area (Å²) in [4.78, 5) is 4.23. The Hall–Kier alpha value is -1.25. The van der Waals surface area contributed by atoms with Crippen LogP contribution in [-0.4, -0.2) is 11.5 Å². The molecule has 0 saturated heterocycles. The average Bonchev–Trinajstić information content (AvgIpc) is 2.85. The van der Waals surface area contributed by atoms with Crippen LogP contribution in [0.15, 0.2) is 12.3 Å². The zero-order valence-corrected chi connectivity index (χ0v) is 8.75. The van der Waals surface area contributed by atoms with Gasteiger partial charge in [-0.1, -0.05) is 6.92 Å². The van der Waals surface area contributed by atoms with E-state index in [9.17, 15) is 0 Å². The van der Waals surface area contributed by atoms with Gasteiger partial charge in [-0.2, -0.15) is 0 Å². The molecule has 76 valence electrons. The number of pyridine rings is 1. The van der Waals surface area contributed by atoms with Gasteiger partial charge in [-0.05, 0) is 36.8 Å². The van der Waals surface area contributed by atoms with Crippen LogP contribution in [0, 0.1) is 18.8 Å². The molecule has 0 spiro atoms. The summed E-state index contributed by atoms with van der Waals surface area (Å²) in [5.74, 6) is 2.67. The number of anilines is 2. The molecular formula is C11H17N3. The molecule has 1 saturated carbocycles. The van der Waals surface area contributed by atoms with Gasteiger partial charge >= 0.3 is 0 Å². The summed E-state index contributed by atoms with van der Waals surface area (Å²) >= 11 is 0. The predicted octanol–water partition coefficient (Wildman–Crippen LogP) is 2.04. The van der Waals surface area contributed by atoms with Crippen molar-refractivity contribution < 1.29 is 0 Å². The van der Waals surface area contributed by atoms with Crippen molar-refractivity contribution in [1.29, 1.82) is 0 Å². The van der Waals surface area contributed by atoms with E-state index < -0.39 is 0 Å². The van der Waals surface area contributed by atoms with Crippen LogP contribution < -0.4 is 11.1 Å². The Labute approximate surface area is 84.7 Å². The van der Waals surface area contributed by atoms with Crippen molar-refractivity contribution in [2.75, 3.05) is 17.6 Å². The van der Waals surface area contributed by atoms with Crippen LogP contribution in [0.4, 0.5) is 11.5 Å². The van der Waals surface area contributed by atoms with Crippen LogP contribution >= 0.6 is 0 Å². The van der Waals surface area contributed by atoms with E-state index in [0.717, 1.165) is 35.4 Å². The van der Waals surface area contributed by atoms with Gasteiger partial charge in [0.05, 0.1) is 11.9 Å². The van der Waals surface area contributed by atoms with Gasteiger partial charge in [-0.3, -0.25) is 0 Å². The molecule has 0 aliphatic heterocycles. The molecule has 1 aliphatic rings. The quantitative estimate of drug-likeness (QED) is 0.768. The van der Waals surface area contributed by atoms with E-state index in [-0.39, 0.29) is 0 Å². The minimum Gasteiger partial charge on any atom is -0.397 e. The zero-order valence-electron chi connectivity index (χ0n) is 8.75. The Kier molecular flexibility index (Phi) is 2.32. The summed E-state index contributed by atoms with van der Waals surface area (Å²) in [5, 5.41) is 3.34. The number of rotatable bonds is 3. The predicted molar refractivity (Wildman–Crippen MR) is 59.1 cm³/mol. The summed E-state index contributed by atoms with van der Waals surface area (Å²) < 4.78 is 0. The number of aromatic nitrogens is 1. The molecule has 0 aromatic carbocycles. The van der Waals surface area contributed by atoms with Crippen molar-refractivity contribution in [3.63, 3.8) is 0 Å². The summed E-state index contributed by atoms with van der Waals surface area (Å²) in [6, 6.07) is 2.00. The molecule has 0 amide bonds. The van der Waals surface area contributed by atoms with Crippen LogP contribution in [0.25, 0.3) is 0 Å². The summed E-state index contributed by atoms with van der Waals surface area (Å²) in [5.41, 5.74) is 7.54. The smallest absolute Gasteiger partial charge is 0.126 e. The lowest BCUT2D eigenvalue weighted by Gasteiger charge is -2.06. The Morgan fingerprint density at radius 2 is 2.36 bits per heavy atom. The molecule has 1 aliphatic carbocycles. The van der Waals surface area contributed by atoms with E-state index in [1.54, 1.807) is 6.20 Å². The molecule has 1 aromatic rings. The second kappa shape index (κ2) is 3.48. The normalized spacial score (nSPS) is 24.7. The minimum absolute atomic E-state index is 0.760. The molecule has 2 rings (SSSR count). The van der Waals surface area contributed by atoms with Gasteiger partial charge in [-0.25, -0.2) is 4.98 Å². The summed E-state index contributed by atoms with van der Waals surface area (Å²) in [7, 11) is 0. The molecule has 3 N–H and O–H groups in total. The van der Waals surface area contributed by atoms with Gasteiger partial charge in [0, 0.05) is 6.54 Å². The van der Waals surface area contributed by atoms with Crippen LogP contribution in [0.1, 0.15) is 18.9 Å². The Morgan fingerprint density at radius 1 is 1.64 bits per heavy atom. The fourth-order valence-corrected chi connectivity index (χ4v) is 1.58. The first-order chi connectivity index (χ1) is 6.66. The topological polar surface area (TPSA) is 50.9 Å². The lowest BCUT2D eigenvalue weighted by Crippen LogP contribution is -2.06. The van der Waals surface area contributed by atoms with Crippen LogP contribution in [-0.2, 0) is 0 Å². The number of hydrogen-bond acceptors (Lipinski definition) is 3. The molecule has 0 bridgehead atoms. The maximum absolute atomic E-state index is 5.69. The lowest BCUT2D eigenvalue weighted by atomic mass is 10.2. The number of aryl methyl sites for hydroxylation is 1. The third kappa shape index (κ3) is 1.97. The van der Waals surface area contributed by atoms with E-state index in [0.29, 0.717) is 0 Å². The van der Waals surface area contributed by atoms with Crippen molar-refractivity contribution in [2.24, 2.45) is 11.8 Å². The van der Waals surface area contributed by atoms with Gasteiger partial charge < -0.3 is 11.1 Å². The third-order valence-electron chi connectivity index (χ3n) is 2.97. The van der Waals surface area contributed by atoms with Crippen LogP contribution in [0.3, 0.4) is 0 Å². The standard InChI is InChI=1S/C11H17N3/c1-7-3-9(7)5-13-11-4-8(2)10(12)6-14-11/h4,6-7,9H,3,5,12H2,1-2H3,(H,13,14). The van der Waals surface area contributed by atoms with Gasteiger partial charge in [-0.15, -0.1) is 0 Å². The van der Waals surface area contributed by atoms with Crippen LogP contribution in [0.2, 0.25) is 0 Å². The van der Waals surface area contributed by atoms with E-state index in [4.69, 9.17) is 5.73 Å². The third-order valence-corrected chi connectivity index (χ3v) is 2.97. The highest BCUT2D eigenvalue weighted by Gasteiger charge is 2.31. The Morgan fingerprint density at radius 3 is 2.93 bits per heavy atom. The SMILES string of the molecule is Cc1cc(NCC2CC2C)ncc1N. The molecular weight excluding hydrogens is 174 g/mol. The Bertz CT molecular complexity index is 335. The molecule has 3 nitrogen and oxygen atoms in total. The van der Waals surface area contributed by atoms with Crippen molar-refractivity contribution in [3.8, 4) is 0 Å². The van der Waals surface area contributed by atoms with Gasteiger partial charge in [0.25, 0.3) is 0 Å². The van der Waals surface area contributed by atoms with E-state index in [2.05, 4.69) is 17.2 Å². The highest BCUT2D eigenvalue weighted by atomic mass is 15.0. The first-order valence-electron chi connectivity index (χ1n) is 5.13. The van der Waals surface area contributed by atoms with E-state index in [1.807, 2.05) is 13.0 Å². The number of nitrogens with one attached hydrogen (secondary N) is 1. The highest BCUT2D eigenvalue weighted by molar-refractivity contribution is 5.50. The minimum atomic E-state index is 0.760. The fourth-order valence-electron chi connectivity index (χ4n) is 1.58. The molecule has 0 radical (unpaired) electrons. The molecule has 14 heavy (non-hydrogen) atoms. The molecule has 1 fully saturated rings. The second-order valence-corrected chi connectivity index (χ2v) is 4.28. The van der Waals surface area contributed by atoms with Crippen molar-refractivity contribution in [1.82, 2.24) is 4.98 Å². The number of nitrogens with zero attached hydrogens (tertiary/aromatic N) is 1. The largest absolute Gasteiger partial charge is 0.397 e. The van der Waals surface area contributed by atoms with Crippen LogP contribution in [0.5, 0.6) is 0 Å². The summed E-state index contributed by atoms with van der Waals surface area (Å²) in [6.45, 7) is 5.33. The van der Waals surface area contributed by atoms with Crippen molar-refractivity contribution >= 4 is 11.5 Å². The molecule has 2 atom stereocenters. The highest BCUT2D eigenvalue weighted by Crippen LogP contribution is 2.37. The van der Waals surface area contributed by atoms with Crippen molar-refractivity contribution in [2.45, 2.75) is 20.3 Å². The zero-order chi connectivity index (χ0) is 10.1. The number of nitrogen functional groups attached to an aromatic ring is 1. The van der Waals surface area contributed by atoms with E-state index in [1.165, 1.54) is 6.42 Å². The first kappa shape index (κ1) is 9.31.